The van der Waals surface area contributed by atoms with E-state index in [0.717, 1.165) is 35.3 Å². The summed E-state index contributed by atoms with van der Waals surface area (Å²) in [6.45, 7) is 0. The van der Waals surface area contributed by atoms with Crippen molar-refractivity contribution in [2.75, 3.05) is 19.0 Å². The van der Waals surface area contributed by atoms with E-state index in [0.29, 0.717) is 0 Å². The van der Waals surface area contributed by atoms with Gasteiger partial charge in [-0.25, -0.2) is 4.79 Å². The Morgan fingerprint density at radius 1 is 1.19 bits per heavy atom. The average Bonchev–Trinajstić information content (AvgIpc) is 2.45. The molecule has 1 aromatic heterocycles. The maximum absolute atomic E-state index is 11.9. The van der Waals surface area contributed by atoms with Crippen LogP contribution in [-0.2, 0) is 12.8 Å². The second-order valence-electron chi connectivity index (χ2n) is 5.45. The summed E-state index contributed by atoms with van der Waals surface area (Å²) < 4.78 is 0. The third-order valence-corrected chi connectivity index (χ3v) is 3.89. The molecule has 5 heteroatoms. The number of H-pyrrole nitrogens is 1. The summed E-state index contributed by atoms with van der Waals surface area (Å²) in [4.78, 5) is 27.7. The zero-order valence-electron chi connectivity index (χ0n) is 11.9. The van der Waals surface area contributed by atoms with Gasteiger partial charge in [0.2, 0.25) is 0 Å². The molecule has 21 heavy (non-hydrogen) atoms. The number of hydrogen-bond acceptors (Lipinski definition) is 3. The molecule has 0 saturated heterocycles. The summed E-state index contributed by atoms with van der Waals surface area (Å²) in [5, 5.41) is 9.03. The van der Waals surface area contributed by atoms with Crippen molar-refractivity contribution in [2.24, 2.45) is 0 Å². The molecule has 0 radical (unpaired) electrons. The molecule has 0 amide bonds. The Kier molecular flexibility index (Phi) is 3.05. The monoisotopic (exact) mass is 284 g/mol. The van der Waals surface area contributed by atoms with Crippen molar-refractivity contribution in [1.29, 1.82) is 0 Å². The van der Waals surface area contributed by atoms with Crippen molar-refractivity contribution in [2.45, 2.75) is 12.8 Å². The van der Waals surface area contributed by atoms with E-state index in [4.69, 9.17) is 5.11 Å². The number of pyridine rings is 1. The molecule has 0 spiro atoms. The summed E-state index contributed by atoms with van der Waals surface area (Å²) in [5.74, 6) is -1.19. The number of benzene rings is 1. The number of hydrogen-bond donors (Lipinski definition) is 2. The Balaban J connectivity index is 2.17. The maximum Gasteiger partial charge on any atom is 0.341 e. The second kappa shape index (κ2) is 4.77. The normalized spacial score (nSPS) is 12.5. The topological polar surface area (TPSA) is 73.4 Å². The van der Waals surface area contributed by atoms with E-state index in [1.165, 1.54) is 11.6 Å². The lowest BCUT2D eigenvalue weighted by molar-refractivity contribution is 0.0695. The number of carboxylic acids is 1. The summed E-state index contributed by atoms with van der Waals surface area (Å²) in [5.41, 5.74) is 4.16. The van der Waals surface area contributed by atoms with Gasteiger partial charge in [0.15, 0.2) is 0 Å². The van der Waals surface area contributed by atoms with Crippen LogP contribution in [0.15, 0.2) is 29.1 Å². The van der Waals surface area contributed by atoms with E-state index >= 15 is 0 Å². The number of carboxylic acid groups (broad SMARTS) is 1. The zero-order valence-corrected chi connectivity index (χ0v) is 11.9. The van der Waals surface area contributed by atoms with E-state index in [1.54, 1.807) is 0 Å². The Morgan fingerprint density at radius 3 is 2.57 bits per heavy atom. The molecule has 1 heterocycles. The number of fused-ring (bicyclic) bond motifs is 3. The van der Waals surface area contributed by atoms with Gasteiger partial charge < -0.3 is 15.0 Å². The molecule has 0 atom stereocenters. The first-order valence-electron chi connectivity index (χ1n) is 6.77. The van der Waals surface area contributed by atoms with Gasteiger partial charge in [0.05, 0.1) is 5.69 Å². The number of aromatic nitrogens is 1. The van der Waals surface area contributed by atoms with Crippen LogP contribution >= 0.6 is 0 Å². The van der Waals surface area contributed by atoms with E-state index < -0.39 is 11.5 Å². The summed E-state index contributed by atoms with van der Waals surface area (Å²) in [6, 6.07) is 7.59. The minimum atomic E-state index is -1.19. The number of carbonyl (C=O) groups is 1. The average molecular weight is 284 g/mol. The van der Waals surface area contributed by atoms with Crippen molar-refractivity contribution in [1.82, 2.24) is 4.98 Å². The fraction of sp³-hybridized carbons (Fsp3) is 0.250. The molecule has 1 aliphatic carbocycles. The van der Waals surface area contributed by atoms with Gasteiger partial charge in [-0.2, -0.15) is 0 Å². The fourth-order valence-electron chi connectivity index (χ4n) is 2.75. The minimum absolute atomic E-state index is 0.192. The molecule has 0 aliphatic heterocycles. The number of rotatable bonds is 2. The number of nitrogens with zero attached hydrogens (tertiary/aromatic N) is 1. The molecule has 5 nitrogen and oxygen atoms in total. The maximum atomic E-state index is 11.9. The van der Waals surface area contributed by atoms with Crippen LogP contribution in [0.1, 0.15) is 21.5 Å². The smallest absolute Gasteiger partial charge is 0.341 e. The first-order chi connectivity index (χ1) is 9.97. The van der Waals surface area contributed by atoms with Crippen LogP contribution < -0.4 is 10.5 Å². The predicted molar refractivity (Wildman–Crippen MR) is 81.2 cm³/mol. The summed E-state index contributed by atoms with van der Waals surface area (Å²) in [6.07, 6.45) is 1.57. The second-order valence-corrected chi connectivity index (χ2v) is 5.45. The van der Waals surface area contributed by atoms with Gasteiger partial charge in [-0.3, -0.25) is 4.79 Å². The molecule has 0 bridgehead atoms. The molecule has 108 valence electrons. The van der Waals surface area contributed by atoms with Gasteiger partial charge in [-0.05, 0) is 42.2 Å². The van der Waals surface area contributed by atoms with Crippen LogP contribution in [0, 0.1) is 0 Å². The standard InChI is InChI=1S/C16H16N2O3/c1-18(2)11-5-6-12-9(7-11)3-4-10-8-13(16(20)21)15(19)17-14(10)12/h5-8H,3-4H2,1-2H3,(H,17,19)(H,20,21). The first-order valence-corrected chi connectivity index (χ1v) is 6.77. The van der Waals surface area contributed by atoms with Gasteiger partial charge in [0.25, 0.3) is 5.56 Å². The van der Waals surface area contributed by atoms with Crippen molar-refractivity contribution < 1.29 is 9.90 Å². The van der Waals surface area contributed by atoms with Crippen molar-refractivity contribution in [3.05, 3.63) is 51.3 Å². The Labute approximate surface area is 121 Å². The number of aryl methyl sites for hydroxylation is 2. The van der Waals surface area contributed by atoms with Gasteiger partial charge in [-0.1, -0.05) is 6.07 Å². The predicted octanol–water partition coefficient (Wildman–Crippen LogP) is 1.90. The van der Waals surface area contributed by atoms with Gasteiger partial charge in [0.1, 0.15) is 5.56 Å². The van der Waals surface area contributed by atoms with Gasteiger partial charge in [0, 0.05) is 25.3 Å². The van der Waals surface area contributed by atoms with Crippen LogP contribution in [-0.4, -0.2) is 30.2 Å². The molecule has 0 unspecified atom stereocenters. The molecular weight excluding hydrogens is 268 g/mol. The van der Waals surface area contributed by atoms with Gasteiger partial charge >= 0.3 is 5.97 Å². The lowest BCUT2D eigenvalue weighted by Crippen LogP contribution is -2.21. The number of aromatic carboxylic acids is 1. The van der Waals surface area contributed by atoms with Crippen LogP contribution in [0.5, 0.6) is 0 Å². The number of anilines is 1. The molecule has 2 aromatic rings. The zero-order chi connectivity index (χ0) is 15.1. The highest BCUT2D eigenvalue weighted by Gasteiger charge is 2.21. The molecular formula is C16H16N2O3. The largest absolute Gasteiger partial charge is 0.477 e. The molecule has 3 rings (SSSR count). The van der Waals surface area contributed by atoms with Crippen molar-refractivity contribution >= 4 is 11.7 Å². The highest BCUT2D eigenvalue weighted by Crippen LogP contribution is 2.33. The van der Waals surface area contributed by atoms with E-state index in [2.05, 4.69) is 11.1 Å². The first kappa shape index (κ1) is 13.4. The van der Waals surface area contributed by atoms with E-state index in [9.17, 15) is 9.59 Å². The third-order valence-electron chi connectivity index (χ3n) is 3.89. The quantitative estimate of drug-likeness (QED) is 0.883. The lowest BCUT2D eigenvalue weighted by Gasteiger charge is -2.22. The molecule has 0 fully saturated rings. The van der Waals surface area contributed by atoms with Crippen LogP contribution in [0.2, 0.25) is 0 Å². The molecule has 0 saturated carbocycles. The highest BCUT2D eigenvalue weighted by atomic mass is 16.4. The summed E-state index contributed by atoms with van der Waals surface area (Å²) >= 11 is 0. The Hall–Kier alpha value is -2.56. The minimum Gasteiger partial charge on any atom is -0.477 e. The van der Waals surface area contributed by atoms with Crippen molar-refractivity contribution in [3.63, 3.8) is 0 Å². The highest BCUT2D eigenvalue weighted by molar-refractivity contribution is 5.88. The van der Waals surface area contributed by atoms with Crippen LogP contribution in [0.4, 0.5) is 5.69 Å². The Bertz CT molecular complexity index is 791. The van der Waals surface area contributed by atoms with E-state index in [1.807, 2.05) is 31.1 Å². The van der Waals surface area contributed by atoms with Crippen molar-refractivity contribution in [3.8, 4) is 11.3 Å². The molecule has 1 aromatic carbocycles. The fourth-order valence-corrected chi connectivity index (χ4v) is 2.75. The SMILES string of the molecule is CN(C)c1ccc2c(c1)CCc1cc(C(=O)O)c(=O)[nH]c1-2. The third kappa shape index (κ3) is 2.20. The summed E-state index contributed by atoms with van der Waals surface area (Å²) in [7, 11) is 3.97. The molecule has 1 aliphatic rings. The number of nitrogens with one attached hydrogen (secondary N) is 1. The van der Waals surface area contributed by atoms with Crippen LogP contribution in [0.3, 0.4) is 0 Å². The van der Waals surface area contributed by atoms with E-state index in [-0.39, 0.29) is 5.56 Å². The molecule has 2 N–H and O–H groups in total. The lowest BCUT2D eigenvalue weighted by atomic mass is 9.88. The van der Waals surface area contributed by atoms with Crippen LogP contribution in [0.25, 0.3) is 11.3 Å². The Morgan fingerprint density at radius 2 is 1.90 bits per heavy atom. The van der Waals surface area contributed by atoms with Gasteiger partial charge in [-0.15, -0.1) is 0 Å². The number of aromatic amines is 1.